The molecule has 3 aliphatic heterocycles. The van der Waals surface area contributed by atoms with Crippen LogP contribution in [0.25, 0.3) is 0 Å². The van der Waals surface area contributed by atoms with Crippen molar-refractivity contribution in [1.82, 2.24) is 10.7 Å². The number of cyclic esters (lactones) is 1. The molecule has 4 aliphatic rings. The highest BCUT2D eigenvalue weighted by atomic mass is 35.5. The van der Waals surface area contributed by atoms with E-state index in [1.54, 1.807) is 12.1 Å². The first-order valence-electron chi connectivity index (χ1n) is 7.96. The molecule has 0 aromatic heterocycles. The van der Waals surface area contributed by atoms with Crippen molar-refractivity contribution in [3.05, 3.63) is 68.5 Å². The van der Waals surface area contributed by atoms with Crippen LogP contribution in [0, 0.1) is 5.92 Å². The van der Waals surface area contributed by atoms with Crippen LogP contribution in [0.4, 0.5) is 0 Å². The van der Waals surface area contributed by atoms with Gasteiger partial charge in [-0.3, -0.25) is 0 Å². The number of hydrogen-bond acceptors (Lipinski definition) is 5. The highest BCUT2D eigenvalue weighted by Gasteiger charge is 2.45. The predicted octanol–water partition coefficient (Wildman–Crippen LogP) is 2.89. The summed E-state index contributed by atoms with van der Waals surface area (Å²) in [5.74, 6) is -0.457. The van der Waals surface area contributed by atoms with Crippen LogP contribution in [-0.2, 0) is 9.53 Å². The van der Waals surface area contributed by atoms with Crippen molar-refractivity contribution in [3.8, 4) is 0 Å². The standard InChI is InChI=1S/C18H13Cl2N3O2/c19-9-2-3-10(11(20)5-9)14-15-12(4-1-8-6-21-23-17(8)15)22-13-7-25-18(24)16(13)14/h1-6,8,14,17,22-23H,7H2. The summed E-state index contributed by atoms with van der Waals surface area (Å²) < 4.78 is 5.29. The Morgan fingerprint density at radius 2 is 2.16 bits per heavy atom. The number of carbonyl (C=O) groups excluding carboxylic acids is 1. The van der Waals surface area contributed by atoms with Gasteiger partial charge in [0.25, 0.3) is 0 Å². The molecule has 126 valence electrons. The van der Waals surface area contributed by atoms with Crippen molar-refractivity contribution in [2.75, 3.05) is 6.61 Å². The van der Waals surface area contributed by atoms with E-state index in [0.717, 1.165) is 22.5 Å². The largest absolute Gasteiger partial charge is 0.456 e. The molecule has 1 aliphatic carbocycles. The van der Waals surface area contributed by atoms with Gasteiger partial charge < -0.3 is 15.5 Å². The van der Waals surface area contributed by atoms with Gasteiger partial charge in [-0.2, -0.15) is 5.10 Å². The smallest absolute Gasteiger partial charge is 0.337 e. The van der Waals surface area contributed by atoms with Gasteiger partial charge in [-0.1, -0.05) is 35.3 Å². The lowest BCUT2D eigenvalue weighted by Crippen LogP contribution is -2.40. The summed E-state index contributed by atoms with van der Waals surface area (Å²) in [7, 11) is 0. The minimum atomic E-state index is -0.310. The Morgan fingerprint density at radius 3 is 3.00 bits per heavy atom. The van der Waals surface area contributed by atoms with Crippen LogP contribution in [0.15, 0.2) is 58.0 Å². The van der Waals surface area contributed by atoms with Crippen molar-refractivity contribution in [2.24, 2.45) is 11.0 Å². The number of carbonyl (C=O) groups is 1. The topological polar surface area (TPSA) is 62.7 Å². The van der Waals surface area contributed by atoms with Gasteiger partial charge in [0.1, 0.15) is 6.61 Å². The van der Waals surface area contributed by atoms with E-state index >= 15 is 0 Å². The van der Waals surface area contributed by atoms with Crippen molar-refractivity contribution in [2.45, 2.75) is 12.0 Å². The predicted molar refractivity (Wildman–Crippen MR) is 95.4 cm³/mol. The van der Waals surface area contributed by atoms with E-state index in [1.807, 2.05) is 18.4 Å². The minimum absolute atomic E-state index is 0.0216. The number of nitrogens with one attached hydrogen (secondary N) is 2. The summed E-state index contributed by atoms with van der Waals surface area (Å²) in [6, 6.07) is 5.35. The average Bonchev–Trinajstić information content (AvgIpc) is 3.20. The molecule has 7 heteroatoms. The number of benzene rings is 1. The number of rotatable bonds is 1. The van der Waals surface area contributed by atoms with Gasteiger partial charge >= 0.3 is 5.97 Å². The lowest BCUT2D eigenvalue weighted by atomic mass is 9.73. The second-order valence-corrected chi connectivity index (χ2v) is 7.23. The Bertz CT molecular complexity index is 932. The number of allylic oxidation sites excluding steroid dienone is 1. The van der Waals surface area contributed by atoms with Crippen LogP contribution in [0.3, 0.4) is 0 Å². The Balaban J connectivity index is 1.72. The van der Waals surface area contributed by atoms with Crippen molar-refractivity contribution < 1.29 is 9.53 Å². The number of hydrogen-bond donors (Lipinski definition) is 2. The molecule has 2 N–H and O–H groups in total. The maximum atomic E-state index is 12.5. The molecular weight excluding hydrogens is 361 g/mol. The normalized spacial score (nSPS) is 29.0. The molecular formula is C18H13Cl2N3O2. The summed E-state index contributed by atoms with van der Waals surface area (Å²) >= 11 is 12.6. The number of ether oxygens (including phenoxy) is 1. The lowest BCUT2D eigenvalue weighted by molar-refractivity contribution is -0.136. The summed E-state index contributed by atoms with van der Waals surface area (Å²) in [5.41, 5.74) is 7.42. The third-order valence-electron chi connectivity index (χ3n) is 5.03. The summed E-state index contributed by atoms with van der Waals surface area (Å²) in [6.45, 7) is 0.249. The Hall–Kier alpha value is -2.24. The Kier molecular flexibility index (Phi) is 3.24. The minimum Gasteiger partial charge on any atom is -0.456 e. The van der Waals surface area contributed by atoms with Crippen molar-refractivity contribution >= 4 is 35.4 Å². The van der Waals surface area contributed by atoms with Crippen LogP contribution in [0.2, 0.25) is 10.0 Å². The second-order valence-electron chi connectivity index (χ2n) is 6.38. The van der Waals surface area contributed by atoms with Crippen LogP contribution in [0.1, 0.15) is 11.5 Å². The Morgan fingerprint density at radius 1 is 1.28 bits per heavy atom. The molecule has 5 rings (SSSR count). The van der Waals surface area contributed by atoms with Gasteiger partial charge in [0.05, 0.1) is 17.3 Å². The fourth-order valence-corrected chi connectivity index (χ4v) is 4.45. The van der Waals surface area contributed by atoms with Crippen LogP contribution in [-0.4, -0.2) is 24.8 Å². The number of halogens is 2. The van der Waals surface area contributed by atoms with E-state index in [0.29, 0.717) is 15.6 Å². The number of dihydropyridines is 1. The summed E-state index contributed by atoms with van der Waals surface area (Å²) in [4.78, 5) is 12.5. The maximum Gasteiger partial charge on any atom is 0.337 e. The fraction of sp³-hybridized carbons (Fsp3) is 0.222. The van der Waals surface area contributed by atoms with Gasteiger partial charge in [-0.05, 0) is 29.3 Å². The monoisotopic (exact) mass is 373 g/mol. The molecule has 3 heterocycles. The van der Waals surface area contributed by atoms with Gasteiger partial charge in [0, 0.05) is 33.8 Å². The van der Waals surface area contributed by atoms with Crippen molar-refractivity contribution in [1.29, 1.82) is 0 Å². The summed E-state index contributed by atoms with van der Waals surface area (Å²) in [5, 5.41) is 8.66. The molecule has 3 unspecified atom stereocenters. The van der Waals surface area contributed by atoms with Crippen LogP contribution >= 0.6 is 23.2 Å². The quantitative estimate of drug-likeness (QED) is 0.743. The molecule has 25 heavy (non-hydrogen) atoms. The molecule has 0 radical (unpaired) electrons. The SMILES string of the molecule is O=C1OCC2=C1C(c1ccc(Cl)cc1Cl)C1=C(C=CC3C=NNC13)N2. The average molecular weight is 374 g/mol. The van der Waals surface area contributed by atoms with Gasteiger partial charge in [-0.15, -0.1) is 0 Å². The van der Waals surface area contributed by atoms with E-state index in [2.05, 4.69) is 21.9 Å². The van der Waals surface area contributed by atoms with E-state index in [1.165, 1.54) is 0 Å². The van der Waals surface area contributed by atoms with Gasteiger partial charge in [0.2, 0.25) is 0 Å². The molecule has 0 saturated heterocycles. The lowest BCUT2D eigenvalue weighted by Gasteiger charge is -2.36. The molecule has 0 bridgehead atoms. The molecule has 0 fully saturated rings. The maximum absolute atomic E-state index is 12.5. The molecule has 5 nitrogen and oxygen atoms in total. The van der Waals surface area contributed by atoms with Crippen molar-refractivity contribution in [3.63, 3.8) is 0 Å². The second kappa shape index (κ2) is 5.38. The number of esters is 1. The molecule has 1 aromatic carbocycles. The first-order valence-corrected chi connectivity index (χ1v) is 8.72. The first kappa shape index (κ1) is 15.0. The zero-order valence-corrected chi connectivity index (χ0v) is 14.4. The molecule has 0 spiro atoms. The van der Waals surface area contributed by atoms with E-state index in [9.17, 15) is 4.79 Å². The third kappa shape index (κ3) is 2.16. The highest BCUT2D eigenvalue weighted by Crippen LogP contribution is 2.47. The molecule has 0 amide bonds. The van der Waals surface area contributed by atoms with Gasteiger partial charge in [-0.25, -0.2) is 4.79 Å². The Labute approximate surface area is 154 Å². The molecule has 0 saturated carbocycles. The van der Waals surface area contributed by atoms with E-state index in [-0.39, 0.29) is 30.5 Å². The van der Waals surface area contributed by atoms with E-state index < -0.39 is 0 Å². The molecule has 1 aromatic rings. The van der Waals surface area contributed by atoms with Crippen LogP contribution in [0.5, 0.6) is 0 Å². The molecule has 3 atom stereocenters. The fourth-order valence-electron chi connectivity index (χ4n) is 3.93. The number of nitrogens with zero attached hydrogens (tertiary/aromatic N) is 1. The first-order chi connectivity index (χ1) is 12.1. The van der Waals surface area contributed by atoms with Gasteiger partial charge in [0.15, 0.2) is 0 Å². The highest BCUT2D eigenvalue weighted by molar-refractivity contribution is 6.35. The zero-order chi connectivity index (χ0) is 17.1. The zero-order valence-electron chi connectivity index (χ0n) is 12.9. The summed E-state index contributed by atoms with van der Waals surface area (Å²) in [6.07, 6.45) is 6.02. The third-order valence-corrected chi connectivity index (χ3v) is 5.59. The van der Waals surface area contributed by atoms with Crippen LogP contribution < -0.4 is 10.7 Å². The van der Waals surface area contributed by atoms with E-state index in [4.69, 9.17) is 27.9 Å². The number of hydrazone groups is 1. The number of fused-ring (bicyclic) bond motifs is 2.